The number of benzene rings is 2. The predicted molar refractivity (Wildman–Crippen MR) is 124 cm³/mol. The van der Waals surface area contributed by atoms with Crippen LogP contribution in [-0.2, 0) is 16.1 Å². The molecule has 9 heteroatoms. The molecule has 0 atom stereocenters. The van der Waals surface area contributed by atoms with E-state index in [1.54, 1.807) is 6.07 Å². The van der Waals surface area contributed by atoms with Crippen LogP contribution in [0.3, 0.4) is 0 Å². The van der Waals surface area contributed by atoms with E-state index in [0.717, 1.165) is 25.2 Å². The van der Waals surface area contributed by atoms with Crippen molar-refractivity contribution in [2.45, 2.75) is 20.4 Å². The first-order valence-corrected chi connectivity index (χ1v) is 10.7. The molecule has 0 spiro atoms. The fourth-order valence-electron chi connectivity index (χ4n) is 2.83. The molecule has 0 fully saturated rings. The molecular formula is C22H26Cl2N4O3. The third-order valence-corrected chi connectivity index (χ3v) is 5.09. The Morgan fingerprint density at radius 1 is 0.903 bits per heavy atom. The molecule has 2 rings (SSSR count). The summed E-state index contributed by atoms with van der Waals surface area (Å²) in [4.78, 5) is 38.5. The van der Waals surface area contributed by atoms with Gasteiger partial charge in [-0.15, -0.1) is 0 Å². The smallest absolute Gasteiger partial charge is 0.253 e. The van der Waals surface area contributed by atoms with Gasteiger partial charge in [-0.1, -0.05) is 49.2 Å². The largest absolute Gasteiger partial charge is 0.345 e. The first-order chi connectivity index (χ1) is 14.8. The van der Waals surface area contributed by atoms with Gasteiger partial charge >= 0.3 is 0 Å². The van der Waals surface area contributed by atoms with Gasteiger partial charge in [-0.25, -0.2) is 0 Å². The predicted octanol–water partition coefficient (Wildman–Crippen LogP) is 3.32. The van der Waals surface area contributed by atoms with Crippen LogP contribution in [0.5, 0.6) is 0 Å². The first kappa shape index (κ1) is 24.7. The number of amides is 3. The monoisotopic (exact) mass is 464 g/mol. The molecule has 0 aliphatic carbocycles. The molecule has 0 heterocycles. The lowest BCUT2D eigenvalue weighted by atomic mass is 10.2. The average molecular weight is 465 g/mol. The van der Waals surface area contributed by atoms with E-state index in [0.29, 0.717) is 10.7 Å². The molecule has 0 unspecified atom stereocenters. The Balaban J connectivity index is 1.78. The number of carbonyl (C=O) groups excluding carboxylic acids is 3. The fraction of sp³-hybridized carbons (Fsp3) is 0.318. The maximum Gasteiger partial charge on any atom is 0.253 e. The summed E-state index contributed by atoms with van der Waals surface area (Å²) in [5.41, 5.74) is 1.96. The molecule has 0 aromatic heterocycles. The summed E-state index contributed by atoms with van der Waals surface area (Å²) in [6, 6.07) is 12.0. The van der Waals surface area contributed by atoms with Crippen LogP contribution >= 0.6 is 23.2 Å². The number of hydrogen-bond acceptors (Lipinski definition) is 4. The number of halogens is 2. The van der Waals surface area contributed by atoms with Gasteiger partial charge in [0.15, 0.2) is 0 Å². The Labute approximate surface area is 192 Å². The normalized spacial score (nSPS) is 10.6. The Bertz CT molecular complexity index is 933. The molecule has 0 saturated heterocycles. The fourth-order valence-corrected chi connectivity index (χ4v) is 3.32. The van der Waals surface area contributed by atoms with E-state index in [1.807, 2.05) is 18.2 Å². The summed E-state index contributed by atoms with van der Waals surface area (Å²) in [5, 5.41) is 8.28. The second kappa shape index (κ2) is 12.3. The summed E-state index contributed by atoms with van der Waals surface area (Å²) < 4.78 is 0. The second-order valence-electron chi connectivity index (χ2n) is 6.79. The van der Waals surface area contributed by atoms with Crippen molar-refractivity contribution in [2.24, 2.45) is 0 Å². The second-order valence-corrected chi connectivity index (χ2v) is 7.64. The highest BCUT2D eigenvalue weighted by molar-refractivity contribution is 6.36. The van der Waals surface area contributed by atoms with Gasteiger partial charge in [0.2, 0.25) is 11.8 Å². The number of anilines is 1. The van der Waals surface area contributed by atoms with E-state index in [4.69, 9.17) is 23.2 Å². The Morgan fingerprint density at radius 2 is 1.61 bits per heavy atom. The van der Waals surface area contributed by atoms with Crippen molar-refractivity contribution in [3.63, 3.8) is 0 Å². The lowest BCUT2D eigenvalue weighted by Gasteiger charge is -2.18. The van der Waals surface area contributed by atoms with Crippen molar-refractivity contribution >= 4 is 46.6 Å². The zero-order valence-corrected chi connectivity index (χ0v) is 19.0. The quantitative estimate of drug-likeness (QED) is 0.502. The molecule has 0 aliphatic heterocycles. The topological polar surface area (TPSA) is 90.5 Å². The summed E-state index contributed by atoms with van der Waals surface area (Å²) >= 11 is 11.8. The maximum atomic E-state index is 12.1. The van der Waals surface area contributed by atoms with Crippen molar-refractivity contribution in [1.82, 2.24) is 15.5 Å². The Morgan fingerprint density at radius 3 is 2.29 bits per heavy atom. The maximum absolute atomic E-state index is 12.1. The van der Waals surface area contributed by atoms with E-state index in [2.05, 4.69) is 34.7 Å². The van der Waals surface area contributed by atoms with Gasteiger partial charge in [-0.3, -0.25) is 19.3 Å². The van der Waals surface area contributed by atoms with E-state index < -0.39 is 11.8 Å². The van der Waals surface area contributed by atoms with E-state index in [-0.39, 0.29) is 29.6 Å². The van der Waals surface area contributed by atoms with Crippen LogP contribution in [0.15, 0.2) is 42.5 Å². The highest BCUT2D eigenvalue weighted by Crippen LogP contribution is 2.20. The van der Waals surface area contributed by atoms with E-state index in [9.17, 15) is 14.4 Å². The van der Waals surface area contributed by atoms with Crippen LogP contribution in [0.4, 0.5) is 5.69 Å². The molecule has 0 aliphatic rings. The van der Waals surface area contributed by atoms with E-state index in [1.165, 1.54) is 18.2 Å². The van der Waals surface area contributed by atoms with Crippen molar-refractivity contribution < 1.29 is 14.4 Å². The van der Waals surface area contributed by atoms with Gasteiger partial charge in [0, 0.05) is 17.3 Å². The van der Waals surface area contributed by atoms with Gasteiger partial charge in [-0.2, -0.15) is 0 Å². The van der Waals surface area contributed by atoms with Crippen molar-refractivity contribution in [3.05, 3.63) is 63.6 Å². The van der Waals surface area contributed by atoms with Crippen molar-refractivity contribution in [1.29, 1.82) is 0 Å². The molecule has 31 heavy (non-hydrogen) atoms. The number of nitrogens with one attached hydrogen (secondary N) is 3. The summed E-state index contributed by atoms with van der Waals surface area (Å²) in [5.74, 6) is -1.37. The summed E-state index contributed by atoms with van der Waals surface area (Å²) in [6.07, 6.45) is 0. The van der Waals surface area contributed by atoms with Gasteiger partial charge in [0.1, 0.15) is 0 Å². The summed E-state index contributed by atoms with van der Waals surface area (Å²) in [7, 11) is 0. The van der Waals surface area contributed by atoms with Gasteiger partial charge in [0.25, 0.3) is 5.91 Å². The first-order valence-electron chi connectivity index (χ1n) is 9.93. The molecular weight excluding hydrogens is 439 g/mol. The standard InChI is InChI=1S/C22H26Cl2N4O3/c1-3-28(4-2)14-15-6-5-7-17(10-15)27-21(30)13-25-20(29)12-26-22(31)18-9-8-16(23)11-19(18)24/h5-11H,3-4,12-14H2,1-2H3,(H,25,29)(H,26,31)(H,27,30). The highest BCUT2D eigenvalue weighted by atomic mass is 35.5. The number of rotatable bonds is 10. The van der Waals surface area contributed by atoms with Crippen LogP contribution in [-0.4, -0.2) is 48.8 Å². The van der Waals surface area contributed by atoms with Gasteiger partial charge < -0.3 is 16.0 Å². The molecule has 2 aromatic carbocycles. The molecule has 2 aromatic rings. The third kappa shape index (κ3) is 8.20. The molecule has 0 saturated carbocycles. The van der Waals surface area contributed by atoms with Crippen LogP contribution in [0, 0.1) is 0 Å². The van der Waals surface area contributed by atoms with Crippen LogP contribution in [0.25, 0.3) is 0 Å². The number of hydrogen-bond donors (Lipinski definition) is 3. The minimum atomic E-state index is -0.508. The van der Waals surface area contributed by atoms with Crippen molar-refractivity contribution in [3.8, 4) is 0 Å². The Hall–Kier alpha value is -2.61. The minimum Gasteiger partial charge on any atom is -0.345 e. The molecule has 7 nitrogen and oxygen atoms in total. The molecule has 166 valence electrons. The SMILES string of the molecule is CCN(CC)Cc1cccc(NC(=O)CNC(=O)CNC(=O)c2ccc(Cl)cc2Cl)c1. The third-order valence-electron chi connectivity index (χ3n) is 4.54. The molecule has 0 radical (unpaired) electrons. The van der Waals surface area contributed by atoms with Crippen LogP contribution in [0.2, 0.25) is 10.0 Å². The minimum absolute atomic E-state index is 0.188. The molecule has 0 bridgehead atoms. The van der Waals surface area contributed by atoms with E-state index >= 15 is 0 Å². The highest BCUT2D eigenvalue weighted by Gasteiger charge is 2.13. The lowest BCUT2D eigenvalue weighted by Crippen LogP contribution is -2.40. The van der Waals surface area contributed by atoms with Crippen LogP contribution < -0.4 is 16.0 Å². The zero-order valence-electron chi connectivity index (χ0n) is 17.5. The van der Waals surface area contributed by atoms with Gasteiger partial charge in [-0.05, 0) is 49.0 Å². The number of nitrogens with zero attached hydrogens (tertiary/aromatic N) is 1. The van der Waals surface area contributed by atoms with Crippen molar-refractivity contribution in [2.75, 3.05) is 31.5 Å². The molecule has 3 amide bonds. The summed E-state index contributed by atoms with van der Waals surface area (Å²) in [6.45, 7) is 6.39. The Kier molecular flexibility index (Phi) is 9.78. The average Bonchev–Trinajstić information content (AvgIpc) is 2.74. The van der Waals surface area contributed by atoms with Gasteiger partial charge in [0.05, 0.1) is 23.7 Å². The lowest BCUT2D eigenvalue weighted by molar-refractivity contribution is -0.123. The number of carbonyl (C=O) groups is 3. The molecule has 3 N–H and O–H groups in total. The van der Waals surface area contributed by atoms with Crippen LogP contribution in [0.1, 0.15) is 29.8 Å². The zero-order chi connectivity index (χ0) is 22.8.